The van der Waals surface area contributed by atoms with Gasteiger partial charge in [0, 0.05) is 30.3 Å². The van der Waals surface area contributed by atoms with Crippen LogP contribution in [0.25, 0.3) is 0 Å². The molecular formula is C20H24ClN3O. The molecule has 132 valence electrons. The Bertz CT molecular complexity index is 700. The molecule has 1 aliphatic rings. The number of amides is 2. The van der Waals surface area contributed by atoms with Gasteiger partial charge in [0.05, 0.1) is 0 Å². The van der Waals surface area contributed by atoms with Gasteiger partial charge in [-0.25, -0.2) is 4.79 Å². The minimum atomic E-state index is -0.167. The first-order valence-corrected chi connectivity index (χ1v) is 9.04. The Kier molecular flexibility index (Phi) is 5.95. The van der Waals surface area contributed by atoms with Gasteiger partial charge >= 0.3 is 6.03 Å². The quantitative estimate of drug-likeness (QED) is 0.838. The molecule has 0 aromatic heterocycles. The lowest BCUT2D eigenvalue weighted by molar-refractivity contribution is 0.249. The predicted octanol–water partition coefficient (Wildman–Crippen LogP) is 4.29. The summed E-state index contributed by atoms with van der Waals surface area (Å²) in [5, 5.41) is 6.45. The van der Waals surface area contributed by atoms with E-state index in [-0.39, 0.29) is 6.03 Å². The Morgan fingerprint density at radius 1 is 1.16 bits per heavy atom. The zero-order valence-electron chi connectivity index (χ0n) is 14.5. The molecule has 2 aromatic rings. The van der Waals surface area contributed by atoms with Crippen molar-refractivity contribution in [3.63, 3.8) is 0 Å². The minimum absolute atomic E-state index is 0.167. The number of hydrogen-bond donors (Lipinski definition) is 2. The number of aryl methyl sites for hydroxylation is 1. The largest absolute Gasteiger partial charge is 0.338 e. The van der Waals surface area contributed by atoms with E-state index in [1.165, 1.54) is 11.1 Å². The van der Waals surface area contributed by atoms with E-state index in [9.17, 15) is 4.79 Å². The van der Waals surface area contributed by atoms with E-state index < -0.39 is 0 Å². The zero-order valence-corrected chi connectivity index (χ0v) is 15.2. The van der Waals surface area contributed by atoms with E-state index >= 15 is 0 Å². The van der Waals surface area contributed by atoms with Crippen molar-refractivity contribution in [3.05, 3.63) is 64.7 Å². The third kappa shape index (κ3) is 5.48. The SMILES string of the molecule is Cc1ccc(CN2CC[C@H](CNC(=O)Nc3ccc(Cl)cc3)C2)cc1. The van der Waals surface area contributed by atoms with Crippen molar-refractivity contribution in [3.8, 4) is 0 Å². The molecule has 1 atom stereocenters. The lowest BCUT2D eigenvalue weighted by Gasteiger charge is -2.16. The third-order valence-electron chi connectivity index (χ3n) is 4.55. The lowest BCUT2D eigenvalue weighted by atomic mass is 10.1. The Morgan fingerprint density at radius 2 is 1.88 bits per heavy atom. The molecule has 0 radical (unpaired) electrons. The number of anilines is 1. The summed E-state index contributed by atoms with van der Waals surface area (Å²) in [6.45, 7) is 5.89. The van der Waals surface area contributed by atoms with Crippen LogP contribution in [-0.2, 0) is 6.54 Å². The van der Waals surface area contributed by atoms with Crippen molar-refractivity contribution in [2.75, 3.05) is 25.0 Å². The van der Waals surface area contributed by atoms with Crippen LogP contribution in [-0.4, -0.2) is 30.6 Å². The van der Waals surface area contributed by atoms with Gasteiger partial charge in [-0.1, -0.05) is 41.4 Å². The van der Waals surface area contributed by atoms with Gasteiger partial charge in [-0.15, -0.1) is 0 Å². The Labute approximate surface area is 154 Å². The highest BCUT2D eigenvalue weighted by atomic mass is 35.5. The maximum Gasteiger partial charge on any atom is 0.319 e. The average molecular weight is 358 g/mol. The number of urea groups is 1. The molecule has 3 rings (SSSR count). The van der Waals surface area contributed by atoms with Crippen LogP contribution in [0, 0.1) is 12.8 Å². The Balaban J connectivity index is 1.40. The van der Waals surface area contributed by atoms with Crippen LogP contribution in [0.1, 0.15) is 17.5 Å². The number of nitrogens with one attached hydrogen (secondary N) is 2. The van der Waals surface area contributed by atoms with E-state index in [4.69, 9.17) is 11.6 Å². The van der Waals surface area contributed by atoms with Gasteiger partial charge in [0.25, 0.3) is 0 Å². The number of rotatable bonds is 5. The van der Waals surface area contributed by atoms with Crippen molar-refractivity contribution >= 4 is 23.3 Å². The lowest BCUT2D eigenvalue weighted by Crippen LogP contribution is -2.34. The van der Waals surface area contributed by atoms with Crippen molar-refractivity contribution in [2.24, 2.45) is 5.92 Å². The summed E-state index contributed by atoms with van der Waals surface area (Å²) in [4.78, 5) is 14.4. The van der Waals surface area contributed by atoms with Crippen molar-refractivity contribution < 1.29 is 4.79 Å². The molecule has 1 fully saturated rings. The highest BCUT2D eigenvalue weighted by Gasteiger charge is 2.22. The number of halogens is 1. The molecule has 2 aromatic carbocycles. The van der Waals surface area contributed by atoms with Gasteiger partial charge in [-0.05, 0) is 55.6 Å². The van der Waals surface area contributed by atoms with Crippen LogP contribution in [0.4, 0.5) is 10.5 Å². The average Bonchev–Trinajstić information content (AvgIpc) is 3.05. The molecule has 25 heavy (non-hydrogen) atoms. The number of hydrogen-bond acceptors (Lipinski definition) is 2. The fourth-order valence-electron chi connectivity index (χ4n) is 3.12. The van der Waals surface area contributed by atoms with Gasteiger partial charge < -0.3 is 10.6 Å². The maximum absolute atomic E-state index is 12.0. The van der Waals surface area contributed by atoms with Crippen LogP contribution in [0.5, 0.6) is 0 Å². The van der Waals surface area contributed by atoms with E-state index in [0.29, 0.717) is 17.5 Å². The molecule has 0 bridgehead atoms. The van der Waals surface area contributed by atoms with Gasteiger partial charge in [-0.3, -0.25) is 4.90 Å². The second-order valence-electron chi connectivity index (χ2n) is 6.72. The Morgan fingerprint density at radius 3 is 2.60 bits per heavy atom. The van der Waals surface area contributed by atoms with Crippen molar-refractivity contribution in [1.82, 2.24) is 10.2 Å². The summed E-state index contributed by atoms with van der Waals surface area (Å²) in [5.41, 5.74) is 3.38. The summed E-state index contributed by atoms with van der Waals surface area (Å²) in [7, 11) is 0. The first-order chi connectivity index (χ1) is 12.1. The first-order valence-electron chi connectivity index (χ1n) is 8.67. The highest BCUT2D eigenvalue weighted by Crippen LogP contribution is 2.18. The maximum atomic E-state index is 12.0. The number of carbonyl (C=O) groups excluding carboxylic acids is 1. The molecular weight excluding hydrogens is 334 g/mol. The van der Waals surface area contributed by atoms with E-state index in [1.54, 1.807) is 24.3 Å². The molecule has 1 aliphatic heterocycles. The second-order valence-corrected chi connectivity index (χ2v) is 7.15. The fraction of sp³-hybridized carbons (Fsp3) is 0.350. The summed E-state index contributed by atoms with van der Waals surface area (Å²) < 4.78 is 0. The molecule has 1 saturated heterocycles. The normalized spacial score (nSPS) is 17.4. The molecule has 0 unspecified atom stereocenters. The van der Waals surface area contributed by atoms with Crippen LogP contribution in [0.3, 0.4) is 0 Å². The third-order valence-corrected chi connectivity index (χ3v) is 4.80. The summed E-state index contributed by atoms with van der Waals surface area (Å²) >= 11 is 5.84. The molecule has 2 N–H and O–H groups in total. The predicted molar refractivity (Wildman–Crippen MR) is 103 cm³/mol. The zero-order chi connectivity index (χ0) is 17.6. The van der Waals surface area contributed by atoms with Crippen LogP contribution in [0.15, 0.2) is 48.5 Å². The molecule has 0 saturated carbocycles. The summed E-state index contributed by atoms with van der Waals surface area (Å²) in [5.74, 6) is 0.501. The summed E-state index contributed by atoms with van der Waals surface area (Å²) in [6.07, 6.45) is 1.12. The van der Waals surface area contributed by atoms with Gasteiger partial charge in [-0.2, -0.15) is 0 Å². The van der Waals surface area contributed by atoms with E-state index in [0.717, 1.165) is 31.7 Å². The van der Waals surface area contributed by atoms with E-state index in [2.05, 4.69) is 46.7 Å². The molecule has 0 aliphatic carbocycles. The Hall–Kier alpha value is -2.04. The number of likely N-dealkylation sites (tertiary alicyclic amines) is 1. The number of nitrogens with zero attached hydrogens (tertiary/aromatic N) is 1. The van der Waals surface area contributed by atoms with Crippen LogP contribution >= 0.6 is 11.6 Å². The molecule has 5 heteroatoms. The first kappa shape index (κ1) is 17.8. The highest BCUT2D eigenvalue weighted by molar-refractivity contribution is 6.30. The monoisotopic (exact) mass is 357 g/mol. The van der Waals surface area contributed by atoms with Gasteiger partial charge in [0.15, 0.2) is 0 Å². The van der Waals surface area contributed by atoms with Crippen LogP contribution in [0.2, 0.25) is 5.02 Å². The molecule has 2 amide bonds. The standard InChI is InChI=1S/C20H24ClN3O/c1-15-2-4-16(5-3-15)13-24-11-10-17(14-24)12-22-20(25)23-19-8-6-18(21)7-9-19/h2-9,17H,10-14H2,1H3,(H2,22,23,25)/t17-/m1/s1. The number of carbonyl (C=O) groups is 1. The molecule has 4 nitrogen and oxygen atoms in total. The van der Waals surface area contributed by atoms with Crippen molar-refractivity contribution in [1.29, 1.82) is 0 Å². The molecule has 0 spiro atoms. The molecule has 1 heterocycles. The smallest absolute Gasteiger partial charge is 0.319 e. The van der Waals surface area contributed by atoms with Gasteiger partial charge in [0.1, 0.15) is 0 Å². The second kappa shape index (κ2) is 8.37. The fourth-order valence-corrected chi connectivity index (χ4v) is 3.25. The topological polar surface area (TPSA) is 44.4 Å². The summed E-state index contributed by atoms with van der Waals surface area (Å²) in [6, 6.07) is 15.6. The van der Waals surface area contributed by atoms with Crippen LogP contribution < -0.4 is 10.6 Å². The van der Waals surface area contributed by atoms with Crippen molar-refractivity contribution in [2.45, 2.75) is 19.9 Å². The van der Waals surface area contributed by atoms with Gasteiger partial charge in [0.2, 0.25) is 0 Å². The van der Waals surface area contributed by atoms with E-state index in [1.807, 2.05) is 0 Å². The number of benzene rings is 2. The minimum Gasteiger partial charge on any atom is -0.338 e.